The van der Waals surface area contributed by atoms with Crippen LogP contribution in [0.1, 0.15) is 25.3 Å². The summed E-state index contributed by atoms with van der Waals surface area (Å²) in [5.74, 6) is 2.60. The number of nitrogens with zero attached hydrogens (tertiary/aromatic N) is 2. The van der Waals surface area contributed by atoms with Gasteiger partial charge >= 0.3 is 0 Å². The van der Waals surface area contributed by atoms with Gasteiger partial charge in [-0.3, -0.25) is 4.68 Å². The average molecular weight is 273 g/mol. The van der Waals surface area contributed by atoms with Crippen LogP contribution in [-0.2, 0) is 7.05 Å². The third-order valence-corrected chi connectivity index (χ3v) is 3.53. The van der Waals surface area contributed by atoms with E-state index in [0.29, 0.717) is 24.9 Å². The van der Waals surface area contributed by atoms with E-state index >= 15 is 0 Å². The minimum Gasteiger partial charge on any atom is -0.486 e. The summed E-state index contributed by atoms with van der Waals surface area (Å²) >= 11 is 0. The lowest BCUT2D eigenvalue weighted by Crippen LogP contribution is -2.16. The van der Waals surface area contributed by atoms with Crippen molar-refractivity contribution >= 4 is 5.82 Å². The largest absolute Gasteiger partial charge is 0.486 e. The maximum atomic E-state index is 5.89. The van der Waals surface area contributed by atoms with Gasteiger partial charge in [0.25, 0.3) is 0 Å². The molecule has 0 bridgehead atoms. The molecule has 1 aliphatic rings. The Morgan fingerprint density at radius 2 is 1.80 bits per heavy atom. The highest BCUT2D eigenvalue weighted by Gasteiger charge is 2.20. The molecular weight excluding hydrogens is 254 g/mol. The lowest BCUT2D eigenvalue weighted by Gasteiger charge is -2.22. The second kappa shape index (κ2) is 4.74. The number of hydrogen-bond acceptors (Lipinski definition) is 4. The molecule has 0 radical (unpaired) electrons. The van der Waals surface area contributed by atoms with Crippen LogP contribution in [-0.4, -0.2) is 23.0 Å². The smallest absolute Gasteiger partial charge is 0.162 e. The Morgan fingerprint density at radius 1 is 1.15 bits per heavy atom. The van der Waals surface area contributed by atoms with Crippen LogP contribution in [0.3, 0.4) is 0 Å². The maximum absolute atomic E-state index is 5.89. The Bertz CT molecular complexity index is 627. The zero-order valence-corrected chi connectivity index (χ0v) is 12.0. The monoisotopic (exact) mass is 273 g/mol. The molecule has 5 nitrogen and oxygen atoms in total. The normalized spacial score (nSPS) is 13.8. The number of aryl methyl sites for hydroxylation is 1. The van der Waals surface area contributed by atoms with Gasteiger partial charge in [0.1, 0.15) is 19.0 Å². The van der Waals surface area contributed by atoms with Crippen LogP contribution in [0.25, 0.3) is 11.3 Å². The van der Waals surface area contributed by atoms with Crippen molar-refractivity contribution in [2.45, 2.75) is 19.8 Å². The number of fused-ring (bicyclic) bond motifs is 1. The molecule has 0 saturated carbocycles. The minimum atomic E-state index is 0.365. The van der Waals surface area contributed by atoms with E-state index in [-0.39, 0.29) is 0 Å². The molecule has 1 aliphatic heterocycles. The summed E-state index contributed by atoms with van der Waals surface area (Å²) in [5, 5.41) is 4.47. The molecule has 0 fully saturated rings. The van der Waals surface area contributed by atoms with E-state index in [1.54, 1.807) is 4.68 Å². The van der Waals surface area contributed by atoms with Gasteiger partial charge in [-0.05, 0) is 23.6 Å². The molecule has 0 atom stereocenters. The number of nitrogen functional groups attached to an aromatic ring is 1. The van der Waals surface area contributed by atoms with Crippen LogP contribution in [0.4, 0.5) is 5.82 Å². The van der Waals surface area contributed by atoms with Gasteiger partial charge in [-0.1, -0.05) is 13.8 Å². The van der Waals surface area contributed by atoms with Crippen LogP contribution in [0, 0.1) is 0 Å². The van der Waals surface area contributed by atoms with E-state index in [1.807, 2.05) is 19.2 Å². The fourth-order valence-electron chi connectivity index (χ4n) is 2.42. The van der Waals surface area contributed by atoms with E-state index in [4.69, 9.17) is 15.2 Å². The highest BCUT2D eigenvalue weighted by molar-refractivity contribution is 5.71. The Morgan fingerprint density at radius 3 is 2.35 bits per heavy atom. The standard InChI is InChI=1S/C15H19N3O2/c1-9(2)10-6-13-14(20-5-4-19-13)7-11(10)12-8-15(16)18(3)17-12/h6-9H,4-5,16H2,1-3H3. The average Bonchev–Trinajstić information content (AvgIpc) is 2.77. The van der Waals surface area contributed by atoms with Gasteiger partial charge in [-0.2, -0.15) is 5.10 Å². The number of ether oxygens (including phenoxy) is 2. The predicted molar refractivity (Wildman–Crippen MR) is 78.1 cm³/mol. The molecule has 1 aromatic carbocycles. The van der Waals surface area contributed by atoms with Crippen LogP contribution >= 0.6 is 0 Å². The topological polar surface area (TPSA) is 62.3 Å². The molecule has 0 amide bonds. The van der Waals surface area contributed by atoms with E-state index in [9.17, 15) is 0 Å². The molecule has 3 rings (SSSR count). The van der Waals surface area contributed by atoms with Crippen molar-refractivity contribution in [1.82, 2.24) is 9.78 Å². The zero-order valence-electron chi connectivity index (χ0n) is 12.0. The number of nitrogens with two attached hydrogens (primary N) is 1. The maximum Gasteiger partial charge on any atom is 0.162 e. The first-order chi connectivity index (χ1) is 9.56. The van der Waals surface area contributed by atoms with Crippen molar-refractivity contribution in [2.75, 3.05) is 18.9 Å². The summed E-state index contributed by atoms with van der Waals surface area (Å²) in [5.41, 5.74) is 8.99. The molecule has 0 unspecified atom stereocenters. The molecule has 1 aromatic heterocycles. The van der Waals surface area contributed by atoms with Crippen molar-refractivity contribution < 1.29 is 9.47 Å². The van der Waals surface area contributed by atoms with Gasteiger partial charge < -0.3 is 15.2 Å². The number of anilines is 1. The lowest BCUT2D eigenvalue weighted by atomic mass is 9.94. The van der Waals surface area contributed by atoms with Crippen LogP contribution < -0.4 is 15.2 Å². The lowest BCUT2D eigenvalue weighted by molar-refractivity contribution is 0.171. The first kappa shape index (κ1) is 12.8. The molecule has 2 N–H and O–H groups in total. The molecule has 0 spiro atoms. The fraction of sp³-hybridized carbons (Fsp3) is 0.400. The number of rotatable bonds is 2. The Hall–Kier alpha value is -2.17. The molecule has 20 heavy (non-hydrogen) atoms. The fourth-order valence-corrected chi connectivity index (χ4v) is 2.42. The highest BCUT2D eigenvalue weighted by atomic mass is 16.6. The number of benzene rings is 1. The van der Waals surface area contributed by atoms with Gasteiger partial charge in [0.05, 0.1) is 5.69 Å². The van der Waals surface area contributed by atoms with Crippen LogP contribution in [0.5, 0.6) is 11.5 Å². The van der Waals surface area contributed by atoms with Crippen molar-refractivity contribution in [1.29, 1.82) is 0 Å². The summed E-state index contributed by atoms with van der Waals surface area (Å²) in [6.45, 7) is 5.49. The summed E-state index contributed by atoms with van der Waals surface area (Å²) in [6, 6.07) is 5.95. The van der Waals surface area contributed by atoms with E-state index in [2.05, 4.69) is 25.0 Å². The SMILES string of the molecule is CC(C)c1cc2c(cc1-c1cc(N)n(C)n1)OCCO2. The third-order valence-electron chi connectivity index (χ3n) is 3.53. The van der Waals surface area contributed by atoms with Gasteiger partial charge in [0.2, 0.25) is 0 Å². The van der Waals surface area contributed by atoms with Crippen molar-refractivity contribution in [3.8, 4) is 22.8 Å². The van der Waals surface area contributed by atoms with Gasteiger partial charge in [-0.25, -0.2) is 0 Å². The second-order valence-electron chi connectivity index (χ2n) is 5.32. The Labute approximate surface area is 118 Å². The molecular formula is C15H19N3O2. The Balaban J connectivity index is 2.17. The summed E-state index contributed by atoms with van der Waals surface area (Å²) in [6.07, 6.45) is 0. The van der Waals surface area contributed by atoms with Crippen LogP contribution in [0.15, 0.2) is 18.2 Å². The summed E-state index contributed by atoms with van der Waals surface area (Å²) in [4.78, 5) is 0. The third kappa shape index (κ3) is 2.09. The molecule has 106 valence electrons. The summed E-state index contributed by atoms with van der Waals surface area (Å²) < 4.78 is 13.0. The molecule has 5 heteroatoms. The van der Waals surface area contributed by atoms with Crippen molar-refractivity contribution in [2.24, 2.45) is 7.05 Å². The summed E-state index contributed by atoms with van der Waals surface area (Å²) in [7, 11) is 1.84. The highest BCUT2D eigenvalue weighted by Crippen LogP contribution is 2.40. The quantitative estimate of drug-likeness (QED) is 0.913. The second-order valence-corrected chi connectivity index (χ2v) is 5.32. The number of hydrogen-bond donors (Lipinski definition) is 1. The van der Waals surface area contributed by atoms with Crippen molar-refractivity contribution in [3.05, 3.63) is 23.8 Å². The first-order valence-electron chi connectivity index (χ1n) is 6.79. The van der Waals surface area contributed by atoms with Gasteiger partial charge in [-0.15, -0.1) is 0 Å². The van der Waals surface area contributed by atoms with Crippen molar-refractivity contribution in [3.63, 3.8) is 0 Å². The molecule has 0 saturated heterocycles. The van der Waals surface area contributed by atoms with Crippen LogP contribution in [0.2, 0.25) is 0 Å². The van der Waals surface area contributed by atoms with E-state index < -0.39 is 0 Å². The molecule has 2 aromatic rings. The predicted octanol–water partition coefficient (Wildman–Crippen LogP) is 2.56. The Kier molecular flexibility index (Phi) is 3.04. The first-order valence-corrected chi connectivity index (χ1v) is 6.79. The molecule has 2 heterocycles. The van der Waals surface area contributed by atoms with Gasteiger partial charge in [0.15, 0.2) is 11.5 Å². The minimum absolute atomic E-state index is 0.365. The zero-order chi connectivity index (χ0) is 14.3. The van der Waals surface area contributed by atoms with E-state index in [0.717, 1.165) is 22.8 Å². The van der Waals surface area contributed by atoms with E-state index in [1.165, 1.54) is 5.56 Å². The number of aromatic nitrogens is 2. The molecule has 0 aliphatic carbocycles. The van der Waals surface area contributed by atoms with Gasteiger partial charge in [0, 0.05) is 18.7 Å².